The lowest BCUT2D eigenvalue weighted by Gasteiger charge is -1.59. The van der Waals surface area contributed by atoms with E-state index in [2.05, 4.69) is 0 Å². The smallest absolute Gasteiger partial charge is 0.300 e. The first-order chi connectivity index (χ1) is 3.46. The number of hydrogen-bond acceptors (Lipinski definition) is 2. The summed E-state index contributed by atoms with van der Waals surface area (Å²) < 4.78 is 0. The summed E-state index contributed by atoms with van der Waals surface area (Å²) in [6.07, 6.45) is 0. The van der Waals surface area contributed by atoms with E-state index in [1.54, 1.807) is 0 Å². The Morgan fingerprint density at radius 3 is 1.00 bits per heavy atom. The maximum atomic E-state index is 9.00. The molecule has 6 heteroatoms. The molecule has 10 heavy (non-hydrogen) atoms. The molecule has 0 aromatic heterocycles. The highest BCUT2D eigenvalue weighted by Gasteiger charge is 1.65. The van der Waals surface area contributed by atoms with Crippen molar-refractivity contribution in [1.82, 2.24) is 0 Å². The number of aliphatic carboxylic acids is 2. The molecule has 0 saturated heterocycles. The van der Waals surface area contributed by atoms with Gasteiger partial charge in [0.1, 0.15) is 0 Å². The minimum absolute atomic E-state index is 0. The number of carboxylic acids is 2. The van der Waals surface area contributed by atoms with Crippen molar-refractivity contribution in [2.75, 3.05) is 0 Å². The number of rotatable bonds is 0. The minimum atomic E-state index is -0.833. The van der Waals surface area contributed by atoms with Gasteiger partial charge < -0.3 is 15.7 Å². The van der Waals surface area contributed by atoms with Crippen molar-refractivity contribution >= 4 is 29.3 Å². The first-order valence-corrected chi connectivity index (χ1v) is 1.86. The molecule has 3 radical (unpaired) electrons. The molecule has 59 valence electrons. The second-order valence-electron chi connectivity index (χ2n) is 1.04. The Bertz CT molecular complexity index is 71.6. The Morgan fingerprint density at radius 1 is 1.00 bits per heavy atom. The molecular formula is C4H10AlO5. The van der Waals surface area contributed by atoms with E-state index in [-0.39, 0.29) is 22.8 Å². The van der Waals surface area contributed by atoms with Crippen molar-refractivity contribution in [3.8, 4) is 0 Å². The Kier molecular flexibility index (Phi) is 35.9. The standard InChI is InChI=1S/2C2H4O2.Al.H2O/c2*1-2(3)4;;/h2*1H3,(H,3,4);;1H2. The Balaban J connectivity index is -0.0000000300. The van der Waals surface area contributed by atoms with E-state index in [1.807, 2.05) is 0 Å². The summed E-state index contributed by atoms with van der Waals surface area (Å²) in [7, 11) is 0. The fraction of sp³-hybridized carbons (Fsp3) is 0.500. The highest BCUT2D eigenvalue weighted by Crippen LogP contribution is 1.42. The SMILES string of the molecule is CC(=O)O.CC(=O)O.O.[Al]. The van der Waals surface area contributed by atoms with E-state index in [0.29, 0.717) is 0 Å². The van der Waals surface area contributed by atoms with Crippen molar-refractivity contribution in [3.05, 3.63) is 0 Å². The maximum absolute atomic E-state index is 9.00. The number of carboxylic acid groups (broad SMARTS) is 2. The Morgan fingerprint density at radius 2 is 1.00 bits per heavy atom. The lowest BCUT2D eigenvalue weighted by atomic mass is 10.9. The fourth-order valence-corrected chi connectivity index (χ4v) is 0. The van der Waals surface area contributed by atoms with Crippen molar-refractivity contribution in [2.24, 2.45) is 0 Å². The summed E-state index contributed by atoms with van der Waals surface area (Å²) >= 11 is 0. The van der Waals surface area contributed by atoms with Crippen LogP contribution < -0.4 is 0 Å². The second kappa shape index (κ2) is 15.8. The molecule has 0 aromatic rings. The summed E-state index contributed by atoms with van der Waals surface area (Å²) in [5.41, 5.74) is 0. The van der Waals surface area contributed by atoms with Gasteiger partial charge in [-0.2, -0.15) is 0 Å². The first-order valence-electron chi connectivity index (χ1n) is 1.86. The molecule has 0 aromatic carbocycles. The molecule has 0 fully saturated rings. The topological polar surface area (TPSA) is 106 Å². The van der Waals surface area contributed by atoms with E-state index >= 15 is 0 Å². The largest absolute Gasteiger partial charge is 0.481 e. The van der Waals surface area contributed by atoms with Crippen LogP contribution in [0.5, 0.6) is 0 Å². The van der Waals surface area contributed by atoms with Gasteiger partial charge in [-0.25, -0.2) is 0 Å². The van der Waals surface area contributed by atoms with Gasteiger partial charge in [0.2, 0.25) is 0 Å². The van der Waals surface area contributed by atoms with Gasteiger partial charge in [-0.15, -0.1) is 0 Å². The molecule has 0 amide bonds. The lowest BCUT2D eigenvalue weighted by molar-refractivity contribution is -0.135. The van der Waals surface area contributed by atoms with E-state index in [9.17, 15) is 0 Å². The quantitative estimate of drug-likeness (QED) is 0.448. The molecule has 0 spiro atoms. The fourth-order valence-electron chi connectivity index (χ4n) is 0. The predicted molar refractivity (Wildman–Crippen MR) is 36.0 cm³/mol. The van der Waals surface area contributed by atoms with Crippen LogP contribution in [0.2, 0.25) is 0 Å². The average Bonchev–Trinajstić information content (AvgIpc) is 1.25. The van der Waals surface area contributed by atoms with Crippen LogP contribution >= 0.6 is 0 Å². The van der Waals surface area contributed by atoms with Gasteiger partial charge in [-0.3, -0.25) is 9.59 Å². The first kappa shape index (κ1) is 22.7. The lowest BCUT2D eigenvalue weighted by Crippen LogP contribution is -1.78. The molecule has 0 rings (SSSR count). The van der Waals surface area contributed by atoms with Crippen LogP contribution in [0.25, 0.3) is 0 Å². The number of hydrogen-bond donors (Lipinski definition) is 2. The summed E-state index contributed by atoms with van der Waals surface area (Å²) in [6, 6.07) is 0. The minimum Gasteiger partial charge on any atom is -0.481 e. The zero-order chi connectivity index (χ0) is 7.15. The summed E-state index contributed by atoms with van der Waals surface area (Å²) in [4.78, 5) is 18.0. The third-order valence-electron chi connectivity index (χ3n) is 0. The third-order valence-corrected chi connectivity index (χ3v) is 0. The van der Waals surface area contributed by atoms with Gasteiger partial charge >= 0.3 is 0 Å². The Hall–Kier alpha value is -0.568. The second-order valence-corrected chi connectivity index (χ2v) is 1.04. The number of carbonyl (C=O) groups is 2. The van der Waals surface area contributed by atoms with Crippen molar-refractivity contribution < 1.29 is 25.3 Å². The van der Waals surface area contributed by atoms with Crippen LogP contribution in [-0.4, -0.2) is 45.0 Å². The van der Waals surface area contributed by atoms with Crippen LogP contribution in [0.1, 0.15) is 13.8 Å². The third kappa shape index (κ3) is 955. The van der Waals surface area contributed by atoms with Crippen LogP contribution in [-0.2, 0) is 9.59 Å². The molecule has 0 atom stereocenters. The highest BCUT2D eigenvalue weighted by atomic mass is 27.0. The molecular weight excluding hydrogens is 155 g/mol. The van der Waals surface area contributed by atoms with Crippen molar-refractivity contribution in [1.29, 1.82) is 0 Å². The zero-order valence-electron chi connectivity index (χ0n) is 5.79. The highest BCUT2D eigenvalue weighted by molar-refractivity contribution is 5.75. The monoisotopic (exact) mass is 165 g/mol. The normalized spacial score (nSPS) is 5.00. The molecule has 4 N–H and O–H groups in total. The molecule has 5 nitrogen and oxygen atoms in total. The Labute approximate surface area is 69.1 Å². The maximum Gasteiger partial charge on any atom is 0.300 e. The van der Waals surface area contributed by atoms with Crippen LogP contribution in [0, 0.1) is 0 Å². The van der Waals surface area contributed by atoms with Gasteiger partial charge in [-0.1, -0.05) is 0 Å². The molecule has 0 unspecified atom stereocenters. The van der Waals surface area contributed by atoms with Crippen molar-refractivity contribution in [3.63, 3.8) is 0 Å². The van der Waals surface area contributed by atoms with Crippen LogP contribution in [0.3, 0.4) is 0 Å². The zero-order valence-corrected chi connectivity index (χ0v) is 6.94. The van der Waals surface area contributed by atoms with Crippen molar-refractivity contribution in [2.45, 2.75) is 13.8 Å². The molecule has 0 bridgehead atoms. The molecule has 0 heterocycles. The summed E-state index contributed by atoms with van der Waals surface area (Å²) in [6.45, 7) is 2.17. The molecule has 0 saturated carbocycles. The van der Waals surface area contributed by atoms with E-state index in [1.165, 1.54) is 0 Å². The van der Waals surface area contributed by atoms with E-state index in [4.69, 9.17) is 19.8 Å². The van der Waals surface area contributed by atoms with Gasteiger partial charge in [0.25, 0.3) is 11.9 Å². The van der Waals surface area contributed by atoms with E-state index in [0.717, 1.165) is 13.8 Å². The molecule has 0 aliphatic rings. The van der Waals surface area contributed by atoms with Gasteiger partial charge in [0.15, 0.2) is 0 Å². The van der Waals surface area contributed by atoms with Gasteiger partial charge in [-0.05, 0) is 0 Å². The summed E-state index contributed by atoms with van der Waals surface area (Å²) in [5, 5.41) is 14.8. The van der Waals surface area contributed by atoms with Gasteiger partial charge in [0.05, 0.1) is 0 Å². The average molecular weight is 165 g/mol. The summed E-state index contributed by atoms with van der Waals surface area (Å²) in [5.74, 6) is -1.67. The van der Waals surface area contributed by atoms with Crippen LogP contribution in [0.4, 0.5) is 0 Å². The predicted octanol–water partition coefficient (Wildman–Crippen LogP) is -1.02. The molecule has 0 aliphatic carbocycles. The molecule has 0 aliphatic heterocycles. The van der Waals surface area contributed by atoms with Gasteiger partial charge in [0, 0.05) is 31.2 Å². The van der Waals surface area contributed by atoms with E-state index < -0.39 is 11.9 Å². The van der Waals surface area contributed by atoms with Crippen LogP contribution in [0.15, 0.2) is 0 Å².